The van der Waals surface area contributed by atoms with Gasteiger partial charge in [0.1, 0.15) is 11.6 Å². The van der Waals surface area contributed by atoms with Crippen LogP contribution >= 0.6 is 11.6 Å². The van der Waals surface area contributed by atoms with Crippen molar-refractivity contribution in [3.63, 3.8) is 0 Å². The van der Waals surface area contributed by atoms with Crippen LogP contribution in [0.25, 0.3) is 11.4 Å². The van der Waals surface area contributed by atoms with E-state index < -0.39 is 11.8 Å². The van der Waals surface area contributed by atoms with Crippen molar-refractivity contribution in [3.05, 3.63) is 64.8 Å². The molecule has 0 saturated carbocycles. The van der Waals surface area contributed by atoms with E-state index in [0.717, 1.165) is 6.07 Å². The monoisotopic (exact) mass is 362 g/mol. The lowest BCUT2D eigenvalue weighted by atomic mass is 10.2. The topological polar surface area (TPSA) is 74.5 Å². The summed E-state index contributed by atoms with van der Waals surface area (Å²) >= 11 is 6.06. The van der Waals surface area contributed by atoms with Gasteiger partial charge >= 0.3 is 5.97 Å². The predicted octanol–water partition coefficient (Wildman–Crippen LogP) is 3.89. The van der Waals surface area contributed by atoms with Crippen molar-refractivity contribution < 1.29 is 23.2 Å². The summed E-state index contributed by atoms with van der Waals surface area (Å²) in [6.07, 6.45) is 0. The third-order valence-corrected chi connectivity index (χ3v) is 3.64. The molecule has 0 spiro atoms. The molecule has 0 aliphatic rings. The standard InChI is InChI=1S/C17H12ClFN2O4/c1-23-10-6-7-12(14(19)8-10)17(22)24-9-15-20-16(21-25-15)11-4-2-3-5-13(11)18/h2-8H,9H2,1H3. The number of methoxy groups -OCH3 is 1. The van der Waals surface area contributed by atoms with E-state index in [0.29, 0.717) is 16.3 Å². The quantitative estimate of drug-likeness (QED) is 0.641. The average Bonchev–Trinajstić information content (AvgIpc) is 3.08. The molecule has 0 bridgehead atoms. The minimum Gasteiger partial charge on any atom is -0.497 e. The zero-order chi connectivity index (χ0) is 17.8. The van der Waals surface area contributed by atoms with Crippen LogP contribution in [0.5, 0.6) is 5.75 Å². The molecule has 0 radical (unpaired) electrons. The summed E-state index contributed by atoms with van der Waals surface area (Å²) in [7, 11) is 1.40. The van der Waals surface area contributed by atoms with Crippen LogP contribution in [0.2, 0.25) is 5.02 Å². The van der Waals surface area contributed by atoms with E-state index in [1.165, 1.54) is 19.2 Å². The highest BCUT2D eigenvalue weighted by Gasteiger charge is 2.17. The van der Waals surface area contributed by atoms with Crippen LogP contribution in [0.4, 0.5) is 4.39 Å². The number of hydrogen-bond donors (Lipinski definition) is 0. The Bertz CT molecular complexity index is 913. The summed E-state index contributed by atoms with van der Waals surface area (Å²) < 4.78 is 28.7. The number of ether oxygens (including phenoxy) is 2. The number of benzene rings is 2. The number of carbonyl (C=O) groups is 1. The first-order valence-electron chi connectivity index (χ1n) is 7.16. The van der Waals surface area contributed by atoms with Gasteiger partial charge in [0.25, 0.3) is 5.89 Å². The molecule has 0 unspecified atom stereocenters. The normalized spacial score (nSPS) is 10.5. The summed E-state index contributed by atoms with van der Waals surface area (Å²) in [5, 5.41) is 4.25. The molecule has 128 valence electrons. The molecule has 8 heteroatoms. The molecular formula is C17H12ClFN2O4. The van der Waals surface area contributed by atoms with Crippen molar-refractivity contribution in [1.29, 1.82) is 0 Å². The molecule has 0 fully saturated rings. The summed E-state index contributed by atoms with van der Waals surface area (Å²) in [5.74, 6) is -0.955. The van der Waals surface area contributed by atoms with Crippen LogP contribution in [0.15, 0.2) is 47.0 Å². The van der Waals surface area contributed by atoms with Crippen LogP contribution in [-0.2, 0) is 11.3 Å². The fraction of sp³-hybridized carbons (Fsp3) is 0.118. The molecule has 3 rings (SSSR count). The maximum Gasteiger partial charge on any atom is 0.341 e. The third kappa shape index (κ3) is 3.77. The second-order valence-electron chi connectivity index (χ2n) is 4.91. The zero-order valence-electron chi connectivity index (χ0n) is 13.0. The number of halogens is 2. The van der Waals surface area contributed by atoms with Crippen molar-refractivity contribution >= 4 is 17.6 Å². The lowest BCUT2D eigenvalue weighted by Gasteiger charge is -2.05. The first-order valence-corrected chi connectivity index (χ1v) is 7.54. The van der Waals surface area contributed by atoms with Gasteiger partial charge in [0.15, 0.2) is 6.61 Å². The Hall–Kier alpha value is -2.93. The first kappa shape index (κ1) is 16.9. The van der Waals surface area contributed by atoms with Gasteiger partial charge in [-0.15, -0.1) is 0 Å². The molecule has 0 amide bonds. The second-order valence-corrected chi connectivity index (χ2v) is 5.32. The van der Waals surface area contributed by atoms with Crippen LogP contribution in [0.3, 0.4) is 0 Å². The summed E-state index contributed by atoms with van der Waals surface area (Å²) in [4.78, 5) is 16.1. The minimum absolute atomic E-state index is 0.0668. The molecule has 6 nitrogen and oxygen atoms in total. The van der Waals surface area contributed by atoms with Gasteiger partial charge in [-0.05, 0) is 24.3 Å². The minimum atomic E-state index is -0.849. The number of carbonyl (C=O) groups excluding carboxylic acids is 1. The summed E-state index contributed by atoms with van der Waals surface area (Å²) in [5.41, 5.74) is 0.373. The van der Waals surface area contributed by atoms with Gasteiger partial charge in [0.2, 0.25) is 5.82 Å². The average molecular weight is 363 g/mol. The first-order chi connectivity index (χ1) is 12.1. The third-order valence-electron chi connectivity index (χ3n) is 3.31. The van der Waals surface area contributed by atoms with E-state index in [1.807, 2.05) is 0 Å². The van der Waals surface area contributed by atoms with Crippen molar-refractivity contribution in [1.82, 2.24) is 10.1 Å². The van der Waals surface area contributed by atoms with Crippen LogP contribution < -0.4 is 4.74 Å². The SMILES string of the molecule is COc1ccc(C(=O)OCc2nc(-c3ccccc3Cl)no2)c(F)c1. The van der Waals surface area contributed by atoms with E-state index in [9.17, 15) is 9.18 Å². The molecule has 2 aromatic carbocycles. The highest BCUT2D eigenvalue weighted by molar-refractivity contribution is 6.33. The largest absolute Gasteiger partial charge is 0.497 e. The van der Waals surface area contributed by atoms with Crippen molar-refractivity contribution in [2.75, 3.05) is 7.11 Å². The maximum absolute atomic E-state index is 13.8. The Morgan fingerprint density at radius 1 is 1.28 bits per heavy atom. The van der Waals surface area contributed by atoms with Crippen LogP contribution in [0.1, 0.15) is 16.2 Å². The Morgan fingerprint density at radius 3 is 2.80 bits per heavy atom. The lowest BCUT2D eigenvalue weighted by Crippen LogP contribution is -2.08. The predicted molar refractivity (Wildman–Crippen MR) is 86.8 cm³/mol. The highest BCUT2D eigenvalue weighted by atomic mass is 35.5. The number of hydrogen-bond acceptors (Lipinski definition) is 6. The molecule has 1 heterocycles. The Morgan fingerprint density at radius 2 is 2.08 bits per heavy atom. The van der Waals surface area contributed by atoms with Crippen molar-refractivity contribution in [2.45, 2.75) is 6.61 Å². The molecule has 0 N–H and O–H groups in total. The van der Waals surface area contributed by atoms with Gasteiger partial charge in [-0.2, -0.15) is 4.98 Å². The van der Waals surface area contributed by atoms with Gasteiger partial charge in [0.05, 0.1) is 17.7 Å². The van der Waals surface area contributed by atoms with Crippen molar-refractivity contribution in [2.24, 2.45) is 0 Å². The fourth-order valence-electron chi connectivity index (χ4n) is 2.06. The Balaban J connectivity index is 1.68. The van der Waals surface area contributed by atoms with Gasteiger partial charge in [-0.25, -0.2) is 9.18 Å². The maximum atomic E-state index is 13.8. The second kappa shape index (κ2) is 7.31. The Kier molecular flexibility index (Phi) is 4.95. The highest BCUT2D eigenvalue weighted by Crippen LogP contribution is 2.25. The van der Waals surface area contributed by atoms with E-state index in [2.05, 4.69) is 10.1 Å². The van der Waals surface area contributed by atoms with Crippen molar-refractivity contribution in [3.8, 4) is 17.1 Å². The van der Waals surface area contributed by atoms with E-state index in [-0.39, 0.29) is 23.9 Å². The van der Waals surface area contributed by atoms with Gasteiger partial charge in [0, 0.05) is 11.6 Å². The van der Waals surface area contributed by atoms with Crippen LogP contribution in [-0.4, -0.2) is 23.2 Å². The van der Waals surface area contributed by atoms with Gasteiger partial charge in [-0.3, -0.25) is 0 Å². The molecule has 3 aromatic rings. The Labute approximate surface area is 147 Å². The zero-order valence-corrected chi connectivity index (χ0v) is 13.8. The molecule has 0 saturated heterocycles. The number of nitrogens with zero attached hydrogens (tertiary/aromatic N) is 2. The number of esters is 1. The molecule has 0 atom stereocenters. The lowest BCUT2D eigenvalue weighted by molar-refractivity contribution is 0.0424. The molecule has 0 aliphatic carbocycles. The van der Waals surface area contributed by atoms with Gasteiger partial charge < -0.3 is 14.0 Å². The van der Waals surface area contributed by atoms with Gasteiger partial charge in [-0.1, -0.05) is 28.9 Å². The number of aromatic nitrogens is 2. The molecule has 1 aromatic heterocycles. The smallest absolute Gasteiger partial charge is 0.341 e. The van der Waals surface area contributed by atoms with E-state index in [4.69, 9.17) is 25.6 Å². The van der Waals surface area contributed by atoms with E-state index >= 15 is 0 Å². The molecule has 0 aliphatic heterocycles. The molecular weight excluding hydrogens is 351 g/mol. The summed E-state index contributed by atoms with van der Waals surface area (Å²) in [6.45, 7) is -0.290. The number of rotatable bonds is 5. The summed E-state index contributed by atoms with van der Waals surface area (Å²) in [6, 6.07) is 10.8. The van der Waals surface area contributed by atoms with Crippen LogP contribution in [0, 0.1) is 5.82 Å². The fourth-order valence-corrected chi connectivity index (χ4v) is 2.28. The molecule has 25 heavy (non-hydrogen) atoms. The van der Waals surface area contributed by atoms with E-state index in [1.54, 1.807) is 24.3 Å².